The highest BCUT2D eigenvalue weighted by Gasteiger charge is 2.52. The van der Waals surface area contributed by atoms with Gasteiger partial charge in [-0.05, 0) is 36.4 Å². The van der Waals surface area contributed by atoms with E-state index in [9.17, 15) is 4.79 Å². The average Bonchev–Trinajstić information content (AvgIpc) is 4.22. The fourth-order valence-corrected chi connectivity index (χ4v) is 10.6. The predicted octanol–water partition coefficient (Wildman–Crippen LogP) is 9.88. The summed E-state index contributed by atoms with van der Waals surface area (Å²) in [4.78, 5) is 29.7. The van der Waals surface area contributed by atoms with Crippen molar-refractivity contribution in [2.75, 3.05) is 39.6 Å². The van der Waals surface area contributed by atoms with Crippen LogP contribution in [0, 0.1) is 0 Å². The number of benzene rings is 6. The molecule has 5 heterocycles. The fourth-order valence-electron chi connectivity index (χ4n) is 8.41. The highest BCUT2D eigenvalue weighted by atomic mass is 31.2. The van der Waals surface area contributed by atoms with Gasteiger partial charge in [-0.3, -0.25) is 9.59 Å². The lowest BCUT2D eigenvalue weighted by Gasteiger charge is -2.26. The molecule has 5 aliphatic heterocycles. The standard InChI is InChI=1S/C49H38O16P2/c50-43-33-15-9-21-39-41(33)44(51)42-34(43)16-10-22-40(42)65-67(61-36-18-6-2-12-30(36)46-54-25-26-55-46)63-38-20-8-4-14-32(38)48-57-28-49(59-48)27-56-47(58-49)31-13-3-7-19-37(31)62-66(64-39)60-35-17-5-1-11-29(35)45-52-23-24-53-45/h1-22,45-48H,23-28H2. The van der Waals surface area contributed by atoms with Crippen LogP contribution in [0.15, 0.2) is 133 Å². The summed E-state index contributed by atoms with van der Waals surface area (Å²) >= 11 is 0. The molecule has 4 unspecified atom stereocenters. The second kappa shape index (κ2) is 17.9. The lowest BCUT2D eigenvalue weighted by molar-refractivity contribution is -0.216. The molecule has 5 bridgehead atoms. The largest absolute Gasteiger partial charge is 0.530 e. The van der Waals surface area contributed by atoms with Crippen LogP contribution in [0.25, 0.3) is 0 Å². The monoisotopic (exact) mass is 944 g/mol. The van der Waals surface area contributed by atoms with E-state index in [1.165, 1.54) is 0 Å². The van der Waals surface area contributed by atoms with Crippen molar-refractivity contribution in [1.82, 2.24) is 0 Å². The highest BCUT2D eigenvalue weighted by molar-refractivity contribution is 7.43. The van der Waals surface area contributed by atoms with E-state index in [-0.39, 0.29) is 47.0 Å². The van der Waals surface area contributed by atoms with E-state index < -0.39 is 59.7 Å². The van der Waals surface area contributed by atoms with E-state index in [1.54, 1.807) is 97.1 Å². The quantitative estimate of drug-likeness (QED) is 0.145. The summed E-state index contributed by atoms with van der Waals surface area (Å²) in [7, 11) is -5.01. The molecule has 67 heavy (non-hydrogen) atoms. The van der Waals surface area contributed by atoms with E-state index in [0.29, 0.717) is 71.7 Å². The molecule has 0 radical (unpaired) electrons. The van der Waals surface area contributed by atoms with Crippen molar-refractivity contribution in [2.45, 2.75) is 30.9 Å². The van der Waals surface area contributed by atoms with Crippen LogP contribution in [-0.4, -0.2) is 57.0 Å². The third-order valence-electron chi connectivity index (χ3n) is 11.5. The maximum Gasteiger partial charge on any atom is 0.530 e. The Morgan fingerprint density at radius 1 is 0.403 bits per heavy atom. The summed E-state index contributed by atoms with van der Waals surface area (Å²) in [6.45, 7) is 1.61. The molecule has 4 saturated heterocycles. The first-order chi connectivity index (χ1) is 33.0. The molecule has 340 valence electrons. The summed E-state index contributed by atoms with van der Waals surface area (Å²) in [5, 5.41) is 0. The van der Waals surface area contributed by atoms with Crippen LogP contribution in [0.5, 0.6) is 34.5 Å². The Hall–Kier alpha value is -6.00. The van der Waals surface area contributed by atoms with Gasteiger partial charge < -0.3 is 65.0 Å². The number of carbonyl (C=O) groups excluding carboxylic acids is 2. The number of ether oxygens (including phenoxy) is 8. The molecular weight excluding hydrogens is 906 g/mol. The van der Waals surface area contributed by atoms with Crippen molar-refractivity contribution in [2.24, 2.45) is 0 Å². The summed E-state index contributed by atoms with van der Waals surface area (Å²) in [6.07, 6.45) is -3.38. The lowest BCUT2D eigenvalue weighted by Crippen LogP contribution is -2.34. The maximum atomic E-state index is 15.2. The molecule has 0 N–H and O–H groups in total. The number of para-hydroxylation sites is 4. The zero-order chi connectivity index (χ0) is 44.9. The molecule has 6 aromatic rings. The fraction of sp³-hybridized carbons (Fsp3) is 0.224. The molecule has 1 aliphatic carbocycles. The van der Waals surface area contributed by atoms with Gasteiger partial charge in [0.15, 0.2) is 30.9 Å². The second-order valence-electron chi connectivity index (χ2n) is 15.7. The molecule has 16 nitrogen and oxygen atoms in total. The second-order valence-corrected chi connectivity index (χ2v) is 17.7. The first-order valence-corrected chi connectivity index (χ1v) is 23.6. The van der Waals surface area contributed by atoms with E-state index >= 15 is 4.79 Å². The number of hydrogen-bond acceptors (Lipinski definition) is 16. The van der Waals surface area contributed by atoms with E-state index in [4.69, 9.17) is 65.0 Å². The van der Waals surface area contributed by atoms with E-state index in [2.05, 4.69) is 0 Å². The van der Waals surface area contributed by atoms with E-state index in [0.717, 1.165) is 0 Å². The molecular formula is C49H38O16P2. The number of rotatable bonds is 6. The topological polar surface area (TPSA) is 163 Å². The summed E-state index contributed by atoms with van der Waals surface area (Å²) in [6, 6.07) is 38.1. The van der Waals surface area contributed by atoms with Gasteiger partial charge in [-0.1, -0.05) is 97.1 Å². The Balaban J connectivity index is 0.986. The third kappa shape index (κ3) is 8.09. The van der Waals surface area contributed by atoms with Crippen LogP contribution in [0.4, 0.5) is 0 Å². The predicted molar refractivity (Wildman–Crippen MR) is 235 cm³/mol. The van der Waals surface area contributed by atoms with Gasteiger partial charge in [0.2, 0.25) is 11.6 Å². The summed E-state index contributed by atoms with van der Waals surface area (Å²) < 4.78 is 89.0. The van der Waals surface area contributed by atoms with Crippen LogP contribution in [0.1, 0.15) is 79.3 Å². The molecule has 12 rings (SSSR count). The highest BCUT2D eigenvalue weighted by Crippen LogP contribution is 2.53. The van der Waals surface area contributed by atoms with Crippen molar-refractivity contribution in [3.8, 4) is 34.5 Å². The molecule has 6 aliphatic rings. The molecule has 1 spiro atoms. The molecule has 0 amide bonds. The number of fused-ring (bicyclic) bond motifs is 6. The summed E-state index contributed by atoms with van der Waals surface area (Å²) in [5.41, 5.74) is 2.35. The molecule has 4 fully saturated rings. The minimum Gasteiger partial charge on any atom is -0.408 e. The van der Waals surface area contributed by atoms with Crippen LogP contribution < -0.4 is 27.1 Å². The Labute approximate surface area is 385 Å². The van der Waals surface area contributed by atoms with Gasteiger partial charge in [-0.15, -0.1) is 0 Å². The first-order valence-electron chi connectivity index (χ1n) is 21.4. The normalized spacial score (nSPS) is 24.7. The minimum atomic E-state index is -2.50. The first kappa shape index (κ1) is 42.4. The number of ketones is 2. The SMILES string of the molecule is O=C1c2cccc3c2C(=O)c2c(cccc21)OP(Oc1ccccc1C1OCCO1)Oc1ccccc1C1OCC2(COC(O2)c2ccccc2OP(Oc2ccccc2C2OCCO2)O3)O1. The van der Waals surface area contributed by atoms with Crippen molar-refractivity contribution in [3.05, 3.63) is 178 Å². The molecule has 0 aromatic heterocycles. The van der Waals surface area contributed by atoms with Crippen LogP contribution in [0.3, 0.4) is 0 Å². The van der Waals surface area contributed by atoms with Gasteiger partial charge in [0.05, 0.1) is 59.8 Å². The van der Waals surface area contributed by atoms with Crippen molar-refractivity contribution in [3.63, 3.8) is 0 Å². The van der Waals surface area contributed by atoms with Gasteiger partial charge in [-0.25, -0.2) is 0 Å². The lowest BCUT2D eigenvalue weighted by atomic mass is 9.83. The Kier molecular flexibility index (Phi) is 11.3. The number of carbonyl (C=O) groups is 2. The van der Waals surface area contributed by atoms with Gasteiger partial charge in [-0.2, -0.15) is 0 Å². The van der Waals surface area contributed by atoms with Crippen LogP contribution in [-0.2, 0) is 37.9 Å². The third-order valence-corrected chi connectivity index (χ3v) is 13.6. The zero-order valence-corrected chi connectivity index (χ0v) is 37.0. The Morgan fingerprint density at radius 2 is 0.791 bits per heavy atom. The zero-order valence-electron chi connectivity index (χ0n) is 35.2. The number of hydrogen-bond donors (Lipinski definition) is 0. The Bertz CT molecular complexity index is 2680. The van der Waals surface area contributed by atoms with Crippen molar-refractivity contribution in [1.29, 1.82) is 0 Å². The van der Waals surface area contributed by atoms with Gasteiger partial charge >= 0.3 is 17.2 Å². The molecule has 6 aromatic carbocycles. The Morgan fingerprint density at radius 3 is 1.25 bits per heavy atom. The van der Waals surface area contributed by atoms with Gasteiger partial charge in [0.1, 0.15) is 47.7 Å². The van der Waals surface area contributed by atoms with E-state index in [1.807, 2.05) is 36.4 Å². The van der Waals surface area contributed by atoms with Crippen LogP contribution in [0.2, 0.25) is 0 Å². The van der Waals surface area contributed by atoms with Crippen molar-refractivity contribution < 1.29 is 74.6 Å². The molecule has 18 heteroatoms. The minimum absolute atomic E-state index is 0.00842. The maximum absolute atomic E-state index is 15.2. The summed E-state index contributed by atoms with van der Waals surface area (Å²) in [5.74, 6) is -1.01. The molecule has 4 atom stereocenters. The molecule has 0 saturated carbocycles. The van der Waals surface area contributed by atoms with Crippen molar-refractivity contribution >= 4 is 28.8 Å². The van der Waals surface area contributed by atoms with Gasteiger partial charge in [0, 0.05) is 11.1 Å². The van der Waals surface area contributed by atoms with Gasteiger partial charge in [0.25, 0.3) is 0 Å². The van der Waals surface area contributed by atoms with Crippen LogP contribution >= 0.6 is 17.2 Å². The smallest absolute Gasteiger partial charge is 0.408 e. The average molecular weight is 945 g/mol.